The number of aliphatic hydroxyl groups excluding tert-OH is 3. The van der Waals surface area contributed by atoms with Crippen LogP contribution in [0.4, 0.5) is 5.82 Å². The number of anilines is 1. The minimum Gasteiger partial charge on any atom is -0.394 e. The summed E-state index contributed by atoms with van der Waals surface area (Å²) in [7, 11) is 0. The number of nitrogen functional groups attached to an aromatic ring is 1. The summed E-state index contributed by atoms with van der Waals surface area (Å²) in [6, 6.07) is 9.28. The molecule has 0 radical (unpaired) electrons. The Labute approximate surface area is 158 Å². The first-order valence-electron chi connectivity index (χ1n) is 8.49. The fourth-order valence-corrected chi connectivity index (χ4v) is 3.07. The normalized spacial score (nSPS) is 24.5. The lowest BCUT2D eigenvalue weighted by Gasteiger charge is -2.18. The van der Waals surface area contributed by atoms with Gasteiger partial charge in [0.25, 0.3) is 0 Å². The number of nitrogens with two attached hydrogens (primary N) is 1. The van der Waals surface area contributed by atoms with Crippen molar-refractivity contribution in [3.8, 4) is 16.9 Å². The molecule has 4 rings (SSSR count). The highest BCUT2D eigenvalue weighted by molar-refractivity contribution is 5.69. The molecule has 2 aromatic heterocycles. The molecule has 28 heavy (non-hydrogen) atoms. The van der Waals surface area contributed by atoms with Crippen molar-refractivity contribution in [3.05, 3.63) is 53.2 Å². The molecule has 0 saturated carbocycles. The van der Waals surface area contributed by atoms with Crippen LogP contribution in [0.15, 0.2) is 47.5 Å². The summed E-state index contributed by atoms with van der Waals surface area (Å²) in [6.45, 7) is -0.510. The van der Waals surface area contributed by atoms with Crippen LogP contribution >= 0.6 is 0 Å². The lowest BCUT2D eigenvalue weighted by Crippen LogP contribution is -2.36. The average molecular weight is 386 g/mol. The molecule has 0 bridgehead atoms. The van der Waals surface area contributed by atoms with Gasteiger partial charge < -0.3 is 25.8 Å². The SMILES string of the molecule is Nc1nc(=O)n(C2OC(CO)C(O)C2O)cc1-c1cn(-c2ccccc2)nn1. The number of aromatic nitrogens is 5. The van der Waals surface area contributed by atoms with E-state index >= 15 is 0 Å². The number of ether oxygens (including phenoxy) is 1. The van der Waals surface area contributed by atoms with Crippen molar-refractivity contribution in [2.75, 3.05) is 12.3 Å². The first-order chi connectivity index (χ1) is 13.5. The fourth-order valence-electron chi connectivity index (χ4n) is 3.07. The summed E-state index contributed by atoms with van der Waals surface area (Å²) in [4.78, 5) is 16.0. The minimum absolute atomic E-state index is 0.0619. The van der Waals surface area contributed by atoms with Gasteiger partial charge in [0.15, 0.2) is 6.23 Å². The maximum absolute atomic E-state index is 12.3. The molecule has 1 fully saturated rings. The Morgan fingerprint density at radius 2 is 1.89 bits per heavy atom. The monoisotopic (exact) mass is 386 g/mol. The molecule has 146 valence electrons. The van der Waals surface area contributed by atoms with E-state index in [0.29, 0.717) is 11.3 Å². The van der Waals surface area contributed by atoms with E-state index in [1.807, 2.05) is 30.3 Å². The van der Waals surface area contributed by atoms with E-state index in [1.165, 1.54) is 10.9 Å². The van der Waals surface area contributed by atoms with Crippen molar-refractivity contribution in [1.29, 1.82) is 0 Å². The van der Waals surface area contributed by atoms with E-state index in [9.17, 15) is 20.1 Å². The fraction of sp³-hybridized carbons (Fsp3) is 0.294. The van der Waals surface area contributed by atoms with Crippen molar-refractivity contribution in [3.63, 3.8) is 0 Å². The van der Waals surface area contributed by atoms with Crippen LogP contribution < -0.4 is 11.4 Å². The van der Waals surface area contributed by atoms with E-state index in [1.54, 1.807) is 6.20 Å². The molecule has 11 nitrogen and oxygen atoms in total. The van der Waals surface area contributed by atoms with Gasteiger partial charge in [0, 0.05) is 6.20 Å². The number of rotatable bonds is 4. The third kappa shape index (κ3) is 3.05. The molecule has 1 saturated heterocycles. The third-order valence-electron chi connectivity index (χ3n) is 4.56. The minimum atomic E-state index is -1.42. The molecule has 4 atom stereocenters. The maximum atomic E-state index is 12.3. The zero-order valence-electron chi connectivity index (χ0n) is 14.5. The van der Waals surface area contributed by atoms with Crippen molar-refractivity contribution < 1.29 is 20.1 Å². The summed E-state index contributed by atoms with van der Waals surface area (Å²) in [5.41, 5.74) is 6.56. The Bertz CT molecular complexity index is 1040. The van der Waals surface area contributed by atoms with Gasteiger partial charge in [-0.25, -0.2) is 9.48 Å². The Kier molecular flexibility index (Phi) is 4.65. The van der Waals surface area contributed by atoms with Crippen LogP contribution in [0.1, 0.15) is 6.23 Å². The molecule has 0 spiro atoms. The summed E-state index contributed by atoms with van der Waals surface area (Å²) < 4.78 is 7.95. The van der Waals surface area contributed by atoms with Crippen LogP contribution in [0, 0.1) is 0 Å². The molecule has 3 aromatic rings. The summed E-state index contributed by atoms with van der Waals surface area (Å²) in [5.74, 6) is -0.0619. The molecule has 5 N–H and O–H groups in total. The molecule has 4 unspecified atom stereocenters. The highest BCUT2D eigenvalue weighted by atomic mass is 16.6. The molecule has 1 aromatic carbocycles. The van der Waals surface area contributed by atoms with Gasteiger partial charge in [-0.1, -0.05) is 23.4 Å². The zero-order valence-corrected chi connectivity index (χ0v) is 14.5. The first-order valence-corrected chi connectivity index (χ1v) is 8.49. The van der Waals surface area contributed by atoms with E-state index in [2.05, 4.69) is 15.3 Å². The number of hydrogen-bond donors (Lipinski definition) is 4. The number of hydrogen-bond acceptors (Lipinski definition) is 9. The number of nitrogens with zero attached hydrogens (tertiary/aromatic N) is 5. The molecule has 1 aliphatic rings. The zero-order chi connectivity index (χ0) is 19.8. The number of benzene rings is 1. The molecular weight excluding hydrogens is 368 g/mol. The Morgan fingerprint density at radius 3 is 2.57 bits per heavy atom. The number of para-hydroxylation sites is 1. The van der Waals surface area contributed by atoms with Crippen LogP contribution in [0.2, 0.25) is 0 Å². The second-order valence-electron chi connectivity index (χ2n) is 6.34. The summed E-state index contributed by atoms with van der Waals surface area (Å²) >= 11 is 0. The van der Waals surface area contributed by atoms with Crippen LogP contribution in [-0.2, 0) is 4.74 Å². The van der Waals surface area contributed by atoms with Crippen molar-refractivity contribution >= 4 is 5.82 Å². The van der Waals surface area contributed by atoms with E-state index in [0.717, 1.165) is 10.3 Å². The van der Waals surface area contributed by atoms with Crippen molar-refractivity contribution in [1.82, 2.24) is 24.5 Å². The smallest absolute Gasteiger partial charge is 0.351 e. The Hall–Kier alpha value is -3.12. The summed E-state index contributed by atoms with van der Waals surface area (Å²) in [6.07, 6.45) is -2.06. The van der Waals surface area contributed by atoms with Gasteiger partial charge in [0.1, 0.15) is 29.8 Å². The lowest BCUT2D eigenvalue weighted by molar-refractivity contribution is -0.0548. The molecule has 11 heteroatoms. The number of aliphatic hydroxyl groups is 3. The van der Waals surface area contributed by atoms with Gasteiger partial charge in [-0.3, -0.25) is 4.57 Å². The van der Waals surface area contributed by atoms with Crippen LogP contribution in [0.25, 0.3) is 16.9 Å². The Morgan fingerprint density at radius 1 is 1.14 bits per heavy atom. The predicted molar refractivity (Wildman–Crippen MR) is 96.3 cm³/mol. The largest absolute Gasteiger partial charge is 0.394 e. The third-order valence-corrected chi connectivity index (χ3v) is 4.56. The van der Waals surface area contributed by atoms with Gasteiger partial charge in [0.05, 0.1) is 24.1 Å². The van der Waals surface area contributed by atoms with E-state index < -0.39 is 36.8 Å². The maximum Gasteiger partial charge on any atom is 0.351 e. The molecular formula is C17H18N6O5. The quantitative estimate of drug-likeness (QED) is 0.426. The highest BCUT2D eigenvalue weighted by Gasteiger charge is 2.44. The van der Waals surface area contributed by atoms with Gasteiger partial charge >= 0.3 is 5.69 Å². The van der Waals surface area contributed by atoms with Gasteiger partial charge in [-0.2, -0.15) is 4.98 Å². The van der Waals surface area contributed by atoms with Gasteiger partial charge in [-0.05, 0) is 12.1 Å². The van der Waals surface area contributed by atoms with Gasteiger partial charge in [-0.15, -0.1) is 5.10 Å². The van der Waals surface area contributed by atoms with Crippen molar-refractivity contribution in [2.24, 2.45) is 0 Å². The summed E-state index contributed by atoms with van der Waals surface area (Å²) in [5, 5.41) is 37.5. The molecule has 0 aliphatic carbocycles. The topological polar surface area (TPSA) is 162 Å². The van der Waals surface area contributed by atoms with Crippen LogP contribution in [0.3, 0.4) is 0 Å². The second-order valence-corrected chi connectivity index (χ2v) is 6.34. The van der Waals surface area contributed by atoms with Crippen LogP contribution in [-0.4, -0.2) is 64.8 Å². The highest BCUT2D eigenvalue weighted by Crippen LogP contribution is 2.30. The van der Waals surface area contributed by atoms with Crippen LogP contribution in [0.5, 0.6) is 0 Å². The first kappa shape index (κ1) is 18.3. The standard InChI is InChI=1S/C17H18N6O5/c18-15-10(11-7-23(21-20-11)9-4-2-1-3-5-9)6-22(17(27)19-15)16-14(26)13(25)12(8-24)28-16/h1-7,12-14,16,24-26H,8H2,(H2,18,19,27). The van der Waals surface area contributed by atoms with E-state index in [4.69, 9.17) is 10.5 Å². The lowest BCUT2D eigenvalue weighted by atomic mass is 10.1. The second kappa shape index (κ2) is 7.13. The Balaban J connectivity index is 1.73. The molecule has 0 amide bonds. The van der Waals surface area contributed by atoms with Crippen molar-refractivity contribution in [2.45, 2.75) is 24.5 Å². The molecule has 1 aliphatic heterocycles. The van der Waals surface area contributed by atoms with Gasteiger partial charge in [0.2, 0.25) is 0 Å². The van der Waals surface area contributed by atoms with E-state index in [-0.39, 0.29) is 5.82 Å². The predicted octanol–water partition coefficient (Wildman–Crippen LogP) is -1.32. The average Bonchev–Trinajstić information content (AvgIpc) is 3.29. The molecule has 3 heterocycles.